The van der Waals surface area contributed by atoms with Gasteiger partial charge >= 0.3 is 0 Å². The molecule has 9 heteroatoms. The molecule has 0 bridgehead atoms. The summed E-state index contributed by atoms with van der Waals surface area (Å²) in [7, 11) is 4.85. The van der Waals surface area contributed by atoms with E-state index in [1.54, 1.807) is 37.8 Å². The zero-order valence-corrected chi connectivity index (χ0v) is 16.2. The van der Waals surface area contributed by atoms with Gasteiger partial charge in [0.25, 0.3) is 11.8 Å². The van der Waals surface area contributed by atoms with E-state index in [2.05, 4.69) is 20.4 Å². The van der Waals surface area contributed by atoms with Gasteiger partial charge in [-0.15, -0.1) is 0 Å². The molecule has 29 heavy (non-hydrogen) atoms. The normalized spacial score (nSPS) is 10.9. The van der Waals surface area contributed by atoms with Crippen molar-refractivity contribution in [3.05, 3.63) is 66.2 Å². The number of nitrogens with one attached hydrogen (secondary N) is 1. The number of benzene rings is 1. The quantitative estimate of drug-likeness (QED) is 0.576. The number of aromatic nitrogens is 5. The van der Waals surface area contributed by atoms with E-state index in [0.29, 0.717) is 11.6 Å². The summed E-state index contributed by atoms with van der Waals surface area (Å²) in [6.07, 6.45) is 5.03. The highest BCUT2D eigenvalue weighted by molar-refractivity contribution is 6.10. The van der Waals surface area contributed by atoms with Gasteiger partial charge in [-0.3, -0.25) is 18.7 Å². The molecule has 2 amide bonds. The third-order valence-corrected chi connectivity index (χ3v) is 4.43. The summed E-state index contributed by atoms with van der Waals surface area (Å²) in [6.45, 7) is 0. The lowest BCUT2D eigenvalue weighted by Gasteiger charge is -2.11. The number of rotatable bonds is 4. The Morgan fingerprint density at radius 3 is 2.55 bits per heavy atom. The van der Waals surface area contributed by atoms with Crippen LogP contribution in [0.15, 0.2) is 55.0 Å². The topological polar surface area (TPSA) is 97.4 Å². The van der Waals surface area contributed by atoms with Crippen LogP contribution in [0, 0.1) is 0 Å². The predicted molar refractivity (Wildman–Crippen MR) is 108 cm³/mol. The van der Waals surface area contributed by atoms with Crippen molar-refractivity contribution in [2.24, 2.45) is 7.05 Å². The Morgan fingerprint density at radius 2 is 1.83 bits per heavy atom. The number of carbonyl (C=O) groups is 2. The molecule has 0 saturated heterocycles. The number of nitrogens with zero attached hydrogens (tertiary/aromatic N) is 6. The van der Waals surface area contributed by atoms with Crippen molar-refractivity contribution in [2.45, 2.75) is 0 Å². The van der Waals surface area contributed by atoms with Gasteiger partial charge in [0.2, 0.25) is 5.78 Å². The maximum absolute atomic E-state index is 12.8. The molecule has 0 radical (unpaired) electrons. The number of amides is 2. The number of hydrogen-bond donors (Lipinski definition) is 1. The molecule has 3 heterocycles. The number of aryl methyl sites for hydroxylation is 1. The summed E-state index contributed by atoms with van der Waals surface area (Å²) in [5.74, 6) is 0.0164. The third kappa shape index (κ3) is 3.45. The maximum Gasteiger partial charge on any atom is 0.275 e. The Labute approximate surface area is 166 Å². The van der Waals surface area contributed by atoms with E-state index >= 15 is 0 Å². The summed E-state index contributed by atoms with van der Waals surface area (Å²) >= 11 is 0. The Morgan fingerprint density at radius 1 is 1.07 bits per heavy atom. The second-order valence-electron chi connectivity index (χ2n) is 6.70. The predicted octanol–water partition coefficient (Wildman–Crippen LogP) is 2.08. The monoisotopic (exact) mass is 389 g/mol. The minimum atomic E-state index is -0.470. The van der Waals surface area contributed by atoms with Crippen molar-refractivity contribution in [3.8, 4) is 11.3 Å². The molecular weight excluding hydrogens is 370 g/mol. The fourth-order valence-corrected chi connectivity index (χ4v) is 2.97. The largest absolute Gasteiger partial charge is 0.345 e. The van der Waals surface area contributed by atoms with E-state index < -0.39 is 5.91 Å². The molecular formula is C20H19N7O2. The molecule has 0 aliphatic rings. The fraction of sp³-hybridized carbons (Fsp3) is 0.150. The van der Waals surface area contributed by atoms with Gasteiger partial charge in [0.15, 0.2) is 0 Å². The molecule has 1 aromatic carbocycles. The van der Waals surface area contributed by atoms with Gasteiger partial charge < -0.3 is 10.2 Å². The zero-order chi connectivity index (χ0) is 20.5. The number of hydrogen-bond acceptors (Lipinski definition) is 5. The summed E-state index contributed by atoms with van der Waals surface area (Å²) < 4.78 is 3.15. The van der Waals surface area contributed by atoms with Gasteiger partial charge in [-0.25, -0.2) is 4.98 Å². The van der Waals surface area contributed by atoms with Crippen LogP contribution in [-0.4, -0.2) is 55.0 Å². The lowest BCUT2D eigenvalue weighted by atomic mass is 10.2. The van der Waals surface area contributed by atoms with E-state index in [4.69, 9.17) is 0 Å². The smallest absolute Gasteiger partial charge is 0.275 e. The second kappa shape index (κ2) is 7.19. The first-order chi connectivity index (χ1) is 13.9. The molecule has 0 aliphatic heterocycles. The molecule has 0 fully saturated rings. The van der Waals surface area contributed by atoms with Crippen LogP contribution in [0.2, 0.25) is 0 Å². The first-order valence-electron chi connectivity index (χ1n) is 8.90. The summed E-state index contributed by atoms with van der Waals surface area (Å²) in [6, 6.07) is 11.4. The molecule has 0 unspecified atom stereocenters. The van der Waals surface area contributed by atoms with Crippen molar-refractivity contribution in [1.82, 2.24) is 29.0 Å². The highest BCUT2D eigenvalue weighted by Gasteiger charge is 2.23. The van der Waals surface area contributed by atoms with Gasteiger partial charge in [0.1, 0.15) is 11.5 Å². The van der Waals surface area contributed by atoms with Crippen LogP contribution in [0.1, 0.15) is 20.8 Å². The van der Waals surface area contributed by atoms with Gasteiger partial charge in [-0.05, 0) is 6.07 Å². The third-order valence-electron chi connectivity index (χ3n) is 4.43. The Bertz CT molecular complexity index is 1210. The van der Waals surface area contributed by atoms with Crippen molar-refractivity contribution in [2.75, 3.05) is 19.4 Å². The van der Waals surface area contributed by atoms with Crippen LogP contribution in [-0.2, 0) is 7.05 Å². The Balaban J connectivity index is 1.63. The van der Waals surface area contributed by atoms with E-state index in [-0.39, 0.29) is 17.2 Å². The number of imidazole rings is 1. The Kier molecular flexibility index (Phi) is 4.55. The molecule has 4 aromatic rings. The van der Waals surface area contributed by atoms with Crippen molar-refractivity contribution in [1.29, 1.82) is 0 Å². The lowest BCUT2D eigenvalue weighted by Crippen LogP contribution is -2.26. The zero-order valence-electron chi connectivity index (χ0n) is 16.2. The molecule has 4 rings (SSSR count). The highest BCUT2D eigenvalue weighted by Crippen LogP contribution is 2.19. The molecule has 0 saturated carbocycles. The fourth-order valence-electron chi connectivity index (χ4n) is 2.97. The molecule has 0 spiro atoms. The molecule has 146 valence electrons. The van der Waals surface area contributed by atoms with Crippen LogP contribution in [0.3, 0.4) is 0 Å². The molecule has 3 aromatic heterocycles. The van der Waals surface area contributed by atoms with E-state index in [1.807, 2.05) is 36.5 Å². The van der Waals surface area contributed by atoms with Crippen molar-refractivity contribution in [3.63, 3.8) is 0 Å². The van der Waals surface area contributed by atoms with Crippen LogP contribution >= 0.6 is 0 Å². The van der Waals surface area contributed by atoms with E-state index in [1.165, 1.54) is 15.8 Å². The van der Waals surface area contributed by atoms with Crippen LogP contribution in [0.25, 0.3) is 17.0 Å². The minimum Gasteiger partial charge on any atom is -0.345 e. The maximum atomic E-state index is 12.8. The summed E-state index contributed by atoms with van der Waals surface area (Å²) in [5, 5.41) is 6.77. The average Bonchev–Trinajstić information content (AvgIpc) is 3.31. The molecule has 0 atom stereocenters. The number of anilines is 1. The number of fused-ring (bicyclic) bond motifs is 1. The highest BCUT2D eigenvalue weighted by atomic mass is 16.2. The summed E-state index contributed by atoms with van der Waals surface area (Å²) in [4.78, 5) is 35.4. The average molecular weight is 389 g/mol. The first-order valence-corrected chi connectivity index (χ1v) is 8.90. The second-order valence-corrected chi connectivity index (χ2v) is 6.70. The summed E-state index contributed by atoms with van der Waals surface area (Å²) in [5.41, 5.74) is 2.15. The van der Waals surface area contributed by atoms with Crippen LogP contribution < -0.4 is 5.32 Å². The minimum absolute atomic E-state index is 0.165. The first kappa shape index (κ1) is 18.4. The molecule has 0 aliphatic carbocycles. The molecule has 9 nitrogen and oxygen atoms in total. The van der Waals surface area contributed by atoms with E-state index in [0.717, 1.165) is 11.3 Å². The molecule has 1 N–H and O–H groups in total. The van der Waals surface area contributed by atoms with Crippen LogP contribution in [0.4, 0.5) is 5.82 Å². The standard InChI is InChI=1S/C20H19N7O2/c1-25(2)19(29)14-11-21-26(3)17(14)18(28)23-16-9-10-27-12-15(22-20(27)24-16)13-7-5-4-6-8-13/h4-12H,1-3H3,(H,22,23,24,28). The van der Waals surface area contributed by atoms with Gasteiger partial charge in [0.05, 0.1) is 17.5 Å². The number of carbonyl (C=O) groups excluding carboxylic acids is 2. The SMILES string of the molecule is CN(C)C(=O)c1cnn(C)c1C(=O)Nc1ccn2cc(-c3ccccc3)nc2n1. The van der Waals surface area contributed by atoms with Crippen molar-refractivity contribution >= 4 is 23.4 Å². The Hall–Kier alpha value is -4.01. The van der Waals surface area contributed by atoms with Gasteiger partial charge in [-0.1, -0.05) is 30.3 Å². The van der Waals surface area contributed by atoms with Gasteiger partial charge in [-0.2, -0.15) is 10.1 Å². The van der Waals surface area contributed by atoms with Crippen LogP contribution in [0.5, 0.6) is 0 Å². The lowest BCUT2D eigenvalue weighted by molar-refractivity contribution is 0.0821. The van der Waals surface area contributed by atoms with Gasteiger partial charge in [0, 0.05) is 39.1 Å². The van der Waals surface area contributed by atoms with E-state index in [9.17, 15) is 9.59 Å². The van der Waals surface area contributed by atoms with Crippen molar-refractivity contribution < 1.29 is 9.59 Å².